The molecule has 0 aromatic rings. The summed E-state index contributed by atoms with van der Waals surface area (Å²) in [7, 11) is 4.85. The summed E-state index contributed by atoms with van der Waals surface area (Å²) in [5, 5.41) is 7.00. The second-order valence-corrected chi connectivity index (χ2v) is 2.59. The third-order valence-electron chi connectivity index (χ3n) is 1.62. The summed E-state index contributed by atoms with van der Waals surface area (Å²) in [6, 6.07) is 0. The minimum atomic E-state index is 0.819. The van der Waals surface area contributed by atoms with Crippen molar-refractivity contribution in [1.82, 2.24) is 4.90 Å². The van der Waals surface area contributed by atoms with Crippen molar-refractivity contribution in [2.75, 3.05) is 41.0 Å². The summed E-state index contributed by atoms with van der Waals surface area (Å²) in [5.74, 6) is 0. The van der Waals surface area contributed by atoms with E-state index in [0.29, 0.717) is 0 Å². The molecule has 1 aliphatic rings. The Bertz CT molecular complexity index is 62.3. The summed E-state index contributed by atoms with van der Waals surface area (Å²) in [6.07, 6.45) is 2.83. The van der Waals surface area contributed by atoms with Gasteiger partial charge in [0.15, 0.2) is 0 Å². The Hall–Kier alpha value is -0.120. The lowest BCUT2D eigenvalue weighted by Gasteiger charge is -2.01. The molecule has 1 fully saturated rings. The minimum absolute atomic E-state index is 0.819. The molecule has 0 amide bonds. The number of likely N-dealkylation sites (tertiary alicyclic amines) is 1. The highest BCUT2D eigenvalue weighted by atomic mass is 16.5. The number of ether oxygens (including phenoxy) is 1. The van der Waals surface area contributed by atoms with Crippen LogP contribution in [0.2, 0.25) is 0 Å². The van der Waals surface area contributed by atoms with Crippen LogP contribution in [-0.2, 0) is 4.74 Å². The molecular weight excluding hydrogens is 178 g/mol. The van der Waals surface area contributed by atoms with Crippen LogP contribution in [0.25, 0.3) is 0 Å². The number of hydrogen-bond donors (Lipinski definition) is 1. The number of nitrogens with zero attached hydrogens (tertiary/aromatic N) is 1. The van der Waals surface area contributed by atoms with E-state index in [0.717, 1.165) is 13.7 Å². The van der Waals surface area contributed by atoms with Gasteiger partial charge >= 0.3 is 0 Å². The van der Waals surface area contributed by atoms with Crippen molar-refractivity contribution < 1.29 is 9.84 Å². The first-order valence-electron chi connectivity index (χ1n) is 5.43. The first kappa shape index (κ1) is 19.5. The molecule has 90 valence electrons. The van der Waals surface area contributed by atoms with Crippen LogP contribution < -0.4 is 0 Å². The van der Waals surface area contributed by atoms with Crippen molar-refractivity contribution in [2.45, 2.75) is 33.6 Å². The molecule has 14 heavy (non-hydrogen) atoms. The summed E-state index contributed by atoms with van der Waals surface area (Å²) in [6.45, 7) is 9.42. The van der Waals surface area contributed by atoms with Crippen molar-refractivity contribution in [3.63, 3.8) is 0 Å². The molecule has 0 aromatic heterocycles. The van der Waals surface area contributed by atoms with E-state index in [2.05, 4.69) is 16.7 Å². The predicted octanol–water partition coefficient (Wildman–Crippen LogP) is 2.00. The molecule has 1 N–H and O–H groups in total. The van der Waals surface area contributed by atoms with Crippen molar-refractivity contribution in [2.24, 2.45) is 0 Å². The lowest BCUT2D eigenvalue weighted by molar-refractivity contribution is 0.215. The van der Waals surface area contributed by atoms with E-state index < -0.39 is 0 Å². The maximum atomic E-state index is 7.00. The molecule has 0 bridgehead atoms. The van der Waals surface area contributed by atoms with Gasteiger partial charge in [0.05, 0.1) is 0 Å². The van der Waals surface area contributed by atoms with E-state index in [1.165, 1.54) is 25.9 Å². The first-order valence-corrected chi connectivity index (χ1v) is 5.43. The molecule has 1 heterocycles. The molecule has 1 rings (SSSR count). The van der Waals surface area contributed by atoms with Crippen molar-refractivity contribution in [1.29, 1.82) is 0 Å². The highest BCUT2D eigenvalue weighted by molar-refractivity contribution is 4.59. The maximum absolute atomic E-state index is 7.00. The van der Waals surface area contributed by atoms with Gasteiger partial charge < -0.3 is 14.7 Å². The van der Waals surface area contributed by atoms with Crippen LogP contribution in [0.5, 0.6) is 0 Å². The van der Waals surface area contributed by atoms with Crippen LogP contribution in [0.15, 0.2) is 0 Å². The van der Waals surface area contributed by atoms with Gasteiger partial charge in [-0.25, -0.2) is 0 Å². The second kappa shape index (κ2) is 23.1. The van der Waals surface area contributed by atoms with E-state index in [9.17, 15) is 0 Å². The van der Waals surface area contributed by atoms with Gasteiger partial charge in [-0.2, -0.15) is 0 Å². The lowest BCUT2D eigenvalue weighted by Crippen LogP contribution is -2.10. The molecule has 0 aliphatic carbocycles. The topological polar surface area (TPSA) is 32.7 Å². The number of hydrogen-bond acceptors (Lipinski definition) is 3. The Morgan fingerprint density at radius 1 is 1.14 bits per heavy atom. The fourth-order valence-corrected chi connectivity index (χ4v) is 0.875. The van der Waals surface area contributed by atoms with E-state index >= 15 is 0 Å². The van der Waals surface area contributed by atoms with Gasteiger partial charge in [0.2, 0.25) is 0 Å². The average molecular weight is 207 g/mol. The summed E-state index contributed by atoms with van der Waals surface area (Å²) in [5.41, 5.74) is 0. The van der Waals surface area contributed by atoms with Gasteiger partial charge in [-0.3, -0.25) is 0 Å². The van der Waals surface area contributed by atoms with Crippen LogP contribution in [0, 0.1) is 0 Å². The Morgan fingerprint density at radius 3 is 1.50 bits per heavy atom. The van der Waals surface area contributed by atoms with Crippen LogP contribution in [0.3, 0.4) is 0 Å². The fourth-order valence-electron chi connectivity index (χ4n) is 0.875. The Labute approximate surface area is 90.1 Å². The van der Waals surface area contributed by atoms with Gasteiger partial charge in [0.1, 0.15) is 0 Å². The summed E-state index contributed by atoms with van der Waals surface area (Å²) >= 11 is 0. The fraction of sp³-hybridized carbons (Fsp3) is 1.00. The zero-order valence-corrected chi connectivity index (χ0v) is 10.8. The molecule has 0 unspecified atom stereocenters. The van der Waals surface area contributed by atoms with Gasteiger partial charge in [-0.05, 0) is 39.9 Å². The summed E-state index contributed by atoms with van der Waals surface area (Å²) in [4.78, 5) is 2.36. The van der Waals surface area contributed by atoms with Crippen molar-refractivity contribution in [3.05, 3.63) is 0 Å². The number of methoxy groups -OCH3 is 1. The summed E-state index contributed by atoms with van der Waals surface area (Å²) < 4.78 is 4.54. The zero-order valence-electron chi connectivity index (χ0n) is 10.8. The maximum Gasteiger partial charge on any atom is 0.0433 e. The van der Waals surface area contributed by atoms with E-state index in [-0.39, 0.29) is 0 Å². The zero-order chi connectivity index (χ0) is 11.8. The van der Waals surface area contributed by atoms with Crippen LogP contribution in [-0.4, -0.2) is 51.0 Å². The molecule has 0 saturated carbocycles. The first-order chi connectivity index (χ1) is 6.81. The highest BCUT2D eigenvalue weighted by Gasteiger charge is 2.03. The van der Waals surface area contributed by atoms with Crippen LogP contribution >= 0.6 is 0 Å². The minimum Gasteiger partial charge on any atom is -0.400 e. The van der Waals surface area contributed by atoms with Gasteiger partial charge in [0.25, 0.3) is 0 Å². The lowest BCUT2D eigenvalue weighted by atomic mass is 10.4. The second-order valence-electron chi connectivity index (χ2n) is 2.59. The Kier molecular flexibility index (Phi) is 32.0. The molecule has 3 heteroatoms. The van der Waals surface area contributed by atoms with E-state index in [1.807, 2.05) is 20.8 Å². The average Bonchev–Trinajstić information content (AvgIpc) is 2.75. The molecule has 1 saturated heterocycles. The molecule has 3 nitrogen and oxygen atoms in total. The Balaban J connectivity index is -0.000000134. The van der Waals surface area contributed by atoms with Gasteiger partial charge in [-0.15, -0.1) is 0 Å². The molecular formula is C11H29NO2. The van der Waals surface area contributed by atoms with Gasteiger partial charge in [-0.1, -0.05) is 13.8 Å². The number of aliphatic hydroxyl groups excluding tert-OH is 1. The largest absolute Gasteiger partial charge is 0.400 e. The number of rotatable bonds is 1. The van der Waals surface area contributed by atoms with Crippen LogP contribution in [0.1, 0.15) is 33.6 Å². The normalized spacial score (nSPS) is 13.9. The standard InChI is InChI=1S/C5H11N.C3H8O.C2H6.CH4O/c1-6-4-2-3-5-6;1-3-4-2;2*1-2/h2-5H2,1H3;3H2,1-2H3;1-2H3;2H,1H3. The molecule has 0 spiro atoms. The molecule has 0 radical (unpaired) electrons. The highest BCUT2D eigenvalue weighted by Crippen LogP contribution is 2.01. The Morgan fingerprint density at radius 2 is 1.43 bits per heavy atom. The van der Waals surface area contributed by atoms with Crippen LogP contribution in [0.4, 0.5) is 0 Å². The monoisotopic (exact) mass is 207 g/mol. The van der Waals surface area contributed by atoms with Crippen molar-refractivity contribution >= 4 is 0 Å². The van der Waals surface area contributed by atoms with E-state index in [4.69, 9.17) is 5.11 Å². The number of aliphatic hydroxyl groups is 1. The molecule has 0 aromatic carbocycles. The quantitative estimate of drug-likeness (QED) is 0.714. The predicted molar refractivity (Wildman–Crippen MR) is 63.8 cm³/mol. The van der Waals surface area contributed by atoms with Gasteiger partial charge in [0, 0.05) is 20.8 Å². The SMILES string of the molecule is CC.CCOC.CN1CCCC1.CO. The molecule has 1 aliphatic heterocycles. The van der Waals surface area contributed by atoms with Crippen molar-refractivity contribution in [3.8, 4) is 0 Å². The van der Waals surface area contributed by atoms with E-state index in [1.54, 1.807) is 7.11 Å². The molecule has 0 atom stereocenters. The smallest absolute Gasteiger partial charge is 0.0433 e. The third kappa shape index (κ3) is 22.6. The third-order valence-corrected chi connectivity index (χ3v) is 1.62.